The molecular weight excluding hydrogens is 346 g/mol. The minimum absolute atomic E-state index is 0.0369. The number of piperidine rings is 1. The van der Waals surface area contributed by atoms with Gasteiger partial charge in [0, 0.05) is 45.1 Å². The third kappa shape index (κ3) is 2.69. The Morgan fingerprint density at radius 1 is 1.19 bits per heavy atom. The number of hydrogen-bond donors (Lipinski definition) is 0. The molecule has 1 aromatic heterocycles. The van der Waals surface area contributed by atoms with Gasteiger partial charge in [0.2, 0.25) is 11.8 Å². The van der Waals surface area contributed by atoms with Crippen molar-refractivity contribution in [3.05, 3.63) is 22.4 Å². The fourth-order valence-corrected chi connectivity index (χ4v) is 6.14. The zero-order valence-electron chi connectivity index (χ0n) is 15.9. The average Bonchev–Trinajstić information content (AvgIpc) is 3.32. The van der Waals surface area contributed by atoms with Crippen LogP contribution >= 0.6 is 11.3 Å². The molecule has 0 radical (unpaired) electrons. The van der Waals surface area contributed by atoms with E-state index in [4.69, 9.17) is 0 Å². The third-order valence-corrected chi connectivity index (χ3v) is 7.83. The van der Waals surface area contributed by atoms with Gasteiger partial charge in [0.05, 0.1) is 5.41 Å². The van der Waals surface area contributed by atoms with Crippen molar-refractivity contribution in [2.75, 3.05) is 39.3 Å². The number of carbonyl (C=O) groups is 2. The largest absolute Gasteiger partial charge is 0.342 e. The van der Waals surface area contributed by atoms with E-state index < -0.39 is 0 Å². The minimum atomic E-state index is -0.344. The molecule has 0 unspecified atom stereocenters. The van der Waals surface area contributed by atoms with Crippen molar-refractivity contribution in [2.24, 2.45) is 10.8 Å². The van der Waals surface area contributed by atoms with Gasteiger partial charge in [-0.15, -0.1) is 0 Å². The molecule has 0 aliphatic carbocycles. The van der Waals surface area contributed by atoms with Crippen molar-refractivity contribution >= 4 is 23.2 Å². The van der Waals surface area contributed by atoms with E-state index in [0.717, 1.165) is 58.5 Å². The Bertz CT molecular complexity index is 681. The van der Waals surface area contributed by atoms with Gasteiger partial charge in [-0.05, 0) is 61.7 Å². The van der Waals surface area contributed by atoms with Crippen molar-refractivity contribution in [1.82, 2.24) is 14.7 Å². The molecule has 3 fully saturated rings. The second kappa shape index (κ2) is 6.64. The van der Waals surface area contributed by atoms with Crippen LogP contribution in [0, 0.1) is 10.8 Å². The normalized spacial score (nSPS) is 28.6. The first-order valence-electron chi connectivity index (χ1n) is 9.78. The molecule has 2 spiro atoms. The maximum absolute atomic E-state index is 13.3. The van der Waals surface area contributed by atoms with Gasteiger partial charge in [-0.1, -0.05) is 0 Å². The Morgan fingerprint density at radius 3 is 2.54 bits per heavy atom. The van der Waals surface area contributed by atoms with E-state index in [2.05, 4.69) is 28.7 Å². The highest BCUT2D eigenvalue weighted by Gasteiger charge is 2.65. The van der Waals surface area contributed by atoms with Gasteiger partial charge in [-0.3, -0.25) is 14.5 Å². The second-order valence-electron chi connectivity index (χ2n) is 8.28. The highest BCUT2D eigenvalue weighted by molar-refractivity contribution is 7.07. The molecule has 2 amide bonds. The zero-order valence-corrected chi connectivity index (χ0v) is 16.7. The van der Waals surface area contributed by atoms with Gasteiger partial charge >= 0.3 is 0 Å². The Morgan fingerprint density at radius 2 is 1.96 bits per heavy atom. The molecule has 6 heteroatoms. The third-order valence-electron chi connectivity index (χ3n) is 7.10. The van der Waals surface area contributed by atoms with Crippen LogP contribution in [-0.2, 0) is 16.1 Å². The molecular formula is C20H29N3O2S. The number of carbonyl (C=O) groups excluding carboxylic acids is 2. The number of likely N-dealkylation sites (tertiary alicyclic amines) is 3. The van der Waals surface area contributed by atoms with E-state index in [1.807, 2.05) is 9.80 Å². The lowest BCUT2D eigenvalue weighted by Crippen LogP contribution is -2.52. The highest BCUT2D eigenvalue weighted by Crippen LogP contribution is 2.57. The van der Waals surface area contributed by atoms with E-state index in [9.17, 15) is 9.59 Å². The summed E-state index contributed by atoms with van der Waals surface area (Å²) in [6, 6.07) is 2.20. The molecule has 4 rings (SSSR count). The summed E-state index contributed by atoms with van der Waals surface area (Å²) in [6.45, 7) is 9.76. The lowest BCUT2D eigenvalue weighted by atomic mass is 9.60. The molecule has 0 N–H and O–H groups in total. The van der Waals surface area contributed by atoms with Crippen LogP contribution < -0.4 is 0 Å². The van der Waals surface area contributed by atoms with Crippen LogP contribution in [0.25, 0.3) is 0 Å². The molecule has 3 aliphatic rings. The lowest BCUT2D eigenvalue weighted by Gasteiger charge is -2.46. The second-order valence-corrected chi connectivity index (χ2v) is 9.06. The van der Waals surface area contributed by atoms with E-state index in [-0.39, 0.29) is 16.7 Å². The van der Waals surface area contributed by atoms with Crippen molar-refractivity contribution in [1.29, 1.82) is 0 Å². The summed E-state index contributed by atoms with van der Waals surface area (Å²) in [5.74, 6) is 0.416. The van der Waals surface area contributed by atoms with Gasteiger partial charge in [0.25, 0.3) is 0 Å². The van der Waals surface area contributed by atoms with Crippen LogP contribution in [0.3, 0.4) is 0 Å². The number of nitrogens with zero attached hydrogens (tertiary/aromatic N) is 3. The molecule has 1 atom stereocenters. The van der Waals surface area contributed by atoms with Gasteiger partial charge in [0.1, 0.15) is 0 Å². The Kier molecular flexibility index (Phi) is 4.59. The maximum atomic E-state index is 13.3. The van der Waals surface area contributed by atoms with Crippen LogP contribution in [0.5, 0.6) is 0 Å². The fourth-order valence-electron chi connectivity index (χ4n) is 5.48. The van der Waals surface area contributed by atoms with Crippen molar-refractivity contribution in [2.45, 2.75) is 39.7 Å². The number of hydrogen-bond acceptors (Lipinski definition) is 4. The van der Waals surface area contributed by atoms with E-state index in [1.165, 1.54) is 5.56 Å². The maximum Gasteiger partial charge on any atom is 0.231 e. The topological polar surface area (TPSA) is 43.9 Å². The SMILES string of the molecule is CCN1CC[C@]2(CN(C(C)=O)CC23CCN(Cc2ccsc2)CC3)C1=O. The summed E-state index contributed by atoms with van der Waals surface area (Å²) in [5.41, 5.74) is 1.00. The summed E-state index contributed by atoms with van der Waals surface area (Å²) in [6.07, 6.45) is 2.95. The van der Waals surface area contributed by atoms with Gasteiger partial charge in [-0.2, -0.15) is 11.3 Å². The quantitative estimate of drug-likeness (QED) is 0.815. The summed E-state index contributed by atoms with van der Waals surface area (Å²) in [7, 11) is 0. The number of fused-ring (bicyclic) bond motifs is 1. The van der Waals surface area contributed by atoms with Crippen LogP contribution in [0.4, 0.5) is 0 Å². The number of rotatable bonds is 3. The average molecular weight is 376 g/mol. The summed E-state index contributed by atoms with van der Waals surface area (Å²) in [5, 5.41) is 4.35. The van der Waals surface area contributed by atoms with Gasteiger partial charge in [0.15, 0.2) is 0 Å². The van der Waals surface area contributed by atoms with Crippen LogP contribution in [-0.4, -0.2) is 65.8 Å². The summed E-state index contributed by atoms with van der Waals surface area (Å²) in [4.78, 5) is 31.9. The molecule has 1 aromatic rings. The van der Waals surface area contributed by atoms with Crippen LogP contribution in [0.15, 0.2) is 16.8 Å². The van der Waals surface area contributed by atoms with E-state index >= 15 is 0 Å². The van der Waals surface area contributed by atoms with Gasteiger partial charge < -0.3 is 9.80 Å². The number of thiophene rings is 1. The molecule has 3 saturated heterocycles. The van der Waals surface area contributed by atoms with Gasteiger partial charge in [-0.25, -0.2) is 0 Å². The van der Waals surface area contributed by atoms with E-state index in [0.29, 0.717) is 12.5 Å². The van der Waals surface area contributed by atoms with Crippen molar-refractivity contribution in [3.63, 3.8) is 0 Å². The van der Waals surface area contributed by atoms with Crippen molar-refractivity contribution < 1.29 is 9.59 Å². The molecule has 5 nitrogen and oxygen atoms in total. The van der Waals surface area contributed by atoms with Crippen LogP contribution in [0.1, 0.15) is 38.7 Å². The highest BCUT2D eigenvalue weighted by atomic mass is 32.1. The molecule has 3 aliphatic heterocycles. The first kappa shape index (κ1) is 18.0. The predicted molar refractivity (Wildman–Crippen MR) is 103 cm³/mol. The molecule has 0 bridgehead atoms. The molecule has 0 saturated carbocycles. The minimum Gasteiger partial charge on any atom is -0.342 e. The predicted octanol–water partition coefficient (Wildman–Crippen LogP) is 2.43. The first-order chi connectivity index (χ1) is 12.5. The van der Waals surface area contributed by atoms with Crippen molar-refractivity contribution in [3.8, 4) is 0 Å². The number of amides is 2. The standard InChI is InChI=1S/C20H29N3O2S/c1-3-22-10-7-20(18(22)25)15-23(16(2)24)14-19(20)5-8-21(9-6-19)12-17-4-11-26-13-17/h4,11,13H,3,5-10,12,14-15H2,1-2H3/t20-/m0/s1. The Hall–Kier alpha value is -1.40. The Balaban J connectivity index is 1.55. The molecule has 0 aromatic carbocycles. The molecule has 26 heavy (non-hydrogen) atoms. The zero-order chi connectivity index (χ0) is 18.4. The summed E-state index contributed by atoms with van der Waals surface area (Å²) < 4.78 is 0. The molecule has 4 heterocycles. The smallest absolute Gasteiger partial charge is 0.231 e. The summed E-state index contributed by atoms with van der Waals surface area (Å²) >= 11 is 1.75. The monoisotopic (exact) mass is 375 g/mol. The fraction of sp³-hybridized carbons (Fsp3) is 0.700. The van der Waals surface area contributed by atoms with E-state index in [1.54, 1.807) is 18.3 Å². The van der Waals surface area contributed by atoms with Crippen LogP contribution in [0.2, 0.25) is 0 Å². The Labute approximate surface area is 159 Å². The first-order valence-corrected chi connectivity index (χ1v) is 10.7. The molecule has 142 valence electrons. The lowest BCUT2D eigenvalue weighted by molar-refractivity contribution is -0.142.